The Hall–Kier alpha value is -2.09. The first-order valence-corrected chi connectivity index (χ1v) is 7.57. The fraction of sp³-hybridized carbons (Fsp3) is 0. The Morgan fingerprint density at radius 2 is 1.65 bits per heavy atom. The highest BCUT2D eigenvalue weighted by Crippen LogP contribution is 2.21. The molecule has 0 N–H and O–H groups in total. The van der Waals surface area contributed by atoms with Crippen molar-refractivity contribution in [3.05, 3.63) is 70.1 Å². The molecule has 0 radical (unpaired) electrons. The molecule has 0 aliphatic rings. The van der Waals surface area contributed by atoms with Crippen molar-refractivity contribution in [3.63, 3.8) is 0 Å². The highest BCUT2D eigenvalue weighted by Gasteiger charge is 2.20. The molecule has 2 aromatic carbocycles. The third kappa shape index (κ3) is 3.08. The molecular weight excluding hydrogens is 294 g/mol. The average Bonchev–Trinajstić information content (AvgIpc) is 2.47. The first-order chi connectivity index (χ1) is 9.54. The van der Waals surface area contributed by atoms with Crippen LogP contribution in [0.4, 0.5) is 0 Å². The zero-order valence-electron chi connectivity index (χ0n) is 10.3. The standard InChI is InChI=1S/C15H10ClNO2S/c16-13-8-6-12(7-9-13)10-15(11-17)20(18,19)14-4-2-1-3-5-14/h1-10H/b15-10-. The van der Waals surface area contributed by atoms with Gasteiger partial charge in [0.2, 0.25) is 9.84 Å². The van der Waals surface area contributed by atoms with Crippen molar-refractivity contribution in [2.24, 2.45) is 0 Å². The van der Waals surface area contributed by atoms with E-state index < -0.39 is 9.84 Å². The van der Waals surface area contributed by atoms with Gasteiger partial charge in [-0.05, 0) is 35.9 Å². The molecule has 20 heavy (non-hydrogen) atoms. The number of benzene rings is 2. The molecule has 0 saturated carbocycles. The Bertz CT molecular complexity index is 773. The molecule has 100 valence electrons. The summed E-state index contributed by atoms with van der Waals surface area (Å²) in [5, 5.41) is 9.66. The molecule has 0 aliphatic carbocycles. The van der Waals surface area contributed by atoms with Crippen molar-refractivity contribution in [1.29, 1.82) is 5.26 Å². The maximum atomic E-state index is 12.3. The first-order valence-electron chi connectivity index (χ1n) is 5.71. The van der Waals surface area contributed by atoms with E-state index in [4.69, 9.17) is 16.9 Å². The van der Waals surface area contributed by atoms with E-state index in [0.717, 1.165) is 0 Å². The van der Waals surface area contributed by atoms with Crippen LogP contribution >= 0.6 is 11.6 Å². The molecule has 0 aliphatic heterocycles. The van der Waals surface area contributed by atoms with E-state index in [9.17, 15) is 8.42 Å². The van der Waals surface area contributed by atoms with Gasteiger partial charge in [-0.25, -0.2) is 8.42 Å². The van der Waals surface area contributed by atoms with Gasteiger partial charge in [-0.1, -0.05) is 41.9 Å². The SMILES string of the molecule is N#C/C(=C/c1ccc(Cl)cc1)S(=O)(=O)c1ccccc1. The van der Waals surface area contributed by atoms with Crippen LogP contribution in [-0.2, 0) is 9.84 Å². The largest absolute Gasteiger partial charge is 0.218 e. The van der Waals surface area contributed by atoms with E-state index in [1.165, 1.54) is 18.2 Å². The monoisotopic (exact) mass is 303 g/mol. The second kappa shape index (κ2) is 5.91. The van der Waals surface area contributed by atoms with Crippen LogP contribution in [0.25, 0.3) is 6.08 Å². The fourth-order valence-corrected chi connectivity index (χ4v) is 2.91. The minimum Gasteiger partial charge on any atom is -0.218 e. The maximum absolute atomic E-state index is 12.3. The van der Waals surface area contributed by atoms with Gasteiger partial charge in [0.15, 0.2) is 0 Å². The number of allylic oxidation sites excluding steroid dienone is 1. The Balaban J connectivity index is 2.48. The van der Waals surface area contributed by atoms with Gasteiger partial charge < -0.3 is 0 Å². The van der Waals surface area contributed by atoms with Gasteiger partial charge in [0.1, 0.15) is 11.0 Å². The van der Waals surface area contributed by atoms with Gasteiger partial charge in [-0.3, -0.25) is 0 Å². The quantitative estimate of drug-likeness (QED) is 0.813. The lowest BCUT2D eigenvalue weighted by Gasteiger charge is -2.02. The molecule has 0 spiro atoms. The van der Waals surface area contributed by atoms with Crippen molar-refractivity contribution >= 4 is 27.5 Å². The summed E-state index contributed by atoms with van der Waals surface area (Å²) >= 11 is 5.76. The van der Waals surface area contributed by atoms with Crippen molar-refractivity contribution in [1.82, 2.24) is 0 Å². The average molecular weight is 304 g/mol. The second-order valence-corrected chi connectivity index (χ2v) is 6.34. The maximum Gasteiger partial charge on any atom is 0.216 e. The molecule has 3 nitrogen and oxygen atoms in total. The Kier molecular flexibility index (Phi) is 4.23. The highest BCUT2D eigenvalue weighted by molar-refractivity contribution is 7.95. The van der Waals surface area contributed by atoms with Crippen LogP contribution in [0.5, 0.6) is 0 Å². The fourth-order valence-electron chi connectivity index (χ4n) is 1.61. The van der Waals surface area contributed by atoms with Gasteiger partial charge in [-0.15, -0.1) is 0 Å². The Morgan fingerprint density at radius 3 is 2.20 bits per heavy atom. The molecule has 5 heteroatoms. The minimum atomic E-state index is -3.79. The predicted molar refractivity (Wildman–Crippen MR) is 78.7 cm³/mol. The number of hydrogen-bond donors (Lipinski definition) is 0. The van der Waals surface area contributed by atoms with Crippen LogP contribution in [0, 0.1) is 11.3 Å². The number of nitriles is 1. The van der Waals surface area contributed by atoms with Crippen LogP contribution in [-0.4, -0.2) is 8.42 Å². The van der Waals surface area contributed by atoms with E-state index in [1.54, 1.807) is 48.5 Å². The van der Waals surface area contributed by atoms with Gasteiger partial charge >= 0.3 is 0 Å². The smallest absolute Gasteiger partial charge is 0.216 e. The first kappa shape index (κ1) is 14.3. The van der Waals surface area contributed by atoms with E-state index in [-0.39, 0.29) is 9.80 Å². The molecule has 0 fully saturated rings. The van der Waals surface area contributed by atoms with Crippen LogP contribution in [0.3, 0.4) is 0 Å². The molecule has 0 bridgehead atoms. The Labute approximate surface area is 122 Å². The molecule has 0 amide bonds. The lowest BCUT2D eigenvalue weighted by Crippen LogP contribution is -2.03. The van der Waals surface area contributed by atoms with Crippen LogP contribution in [0.2, 0.25) is 5.02 Å². The number of sulfone groups is 1. The van der Waals surface area contributed by atoms with Gasteiger partial charge in [0.25, 0.3) is 0 Å². The minimum absolute atomic E-state index is 0.0989. The molecule has 0 heterocycles. The summed E-state index contributed by atoms with van der Waals surface area (Å²) < 4.78 is 24.6. The summed E-state index contributed by atoms with van der Waals surface area (Å²) in [6.45, 7) is 0. The zero-order chi connectivity index (χ0) is 14.6. The molecule has 0 unspecified atom stereocenters. The molecule has 2 aromatic rings. The summed E-state index contributed by atoms with van der Waals surface area (Å²) in [6.07, 6.45) is 1.33. The molecule has 0 saturated heterocycles. The summed E-state index contributed by atoms with van der Waals surface area (Å²) in [7, 11) is -3.79. The van der Waals surface area contributed by atoms with Crippen LogP contribution < -0.4 is 0 Å². The van der Waals surface area contributed by atoms with Gasteiger partial charge in [0, 0.05) is 5.02 Å². The summed E-state index contributed by atoms with van der Waals surface area (Å²) in [5.41, 5.74) is 0.602. The molecular formula is C15H10ClNO2S. The lowest BCUT2D eigenvalue weighted by molar-refractivity contribution is 0.603. The number of rotatable bonds is 3. The molecule has 0 atom stereocenters. The summed E-state index contributed by atoms with van der Waals surface area (Å²) in [4.78, 5) is -0.201. The number of halogens is 1. The molecule has 0 aromatic heterocycles. The van der Waals surface area contributed by atoms with Crippen molar-refractivity contribution < 1.29 is 8.42 Å². The Morgan fingerprint density at radius 1 is 1.05 bits per heavy atom. The topological polar surface area (TPSA) is 57.9 Å². The van der Waals surface area contributed by atoms with Gasteiger partial charge in [-0.2, -0.15) is 5.26 Å². The van der Waals surface area contributed by atoms with Gasteiger partial charge in [0.05, 0.1) is 4.90 Å². The highest BCUT2D eigenvalue weighted by atomic mass is 35.5. The predicted octanol–water partition coefficient (Wildman–Crippen LogP) is 3.68. The second-order valence-electron chi connectivity index (χ2n) is 3.99. The normalized spacial score (nSPS) is 11.9. The molecule has 2 rings (SSSR count). The van der Waals surface area contributed by atoms with Crippen molar-refractivity contribution in [3.8, 4) is 6.07 Å². The third-order valence-electron chi connectivity index (χ3n) is 2.62. The zero-order valence-corrected chi connectivity index (χ0v) is 11.9. The van der Waals surface area contributed by atoms with E-state index in [1.807, 2.05) is 0 Å². The number of hydrogen-bond acceptors (Lipinski definition) is 3. The lowest BCUT2D eigenvalue weighted by atomic mass is 10.2. The number of nitrogens with zero attached hydrogens (tertiary/aromatic N) is 1. The van der Waals surface area contributed by atoms with Crippen LogP contribution in [0.15, 0.2) is 64.4 Å². The van der Waals surface area contributed by atoms with Crippen molar-refractivity contribution in [2.75, 3.05) is 0 Å². The van der Waals surface area contributed by atoms with E-state index in [0.29, 0.717) is 10.6 Å². The summed E-state index contributed by atoms with van der Waals surface area (Å²) in [6, 6.07) is 16.2. The summed E-state index contributed by atoms with van der Waals surface area (Å²) in [5.74, 6) is 0. The van der Waals surface area contributed by atoms with E-state index >= 15 is 0 Å². The third-order valence-corrected chi connectivity index (χ3v) is 4.55. The van der Waals surface area contributed by atoms with E-state index in [2.05, 4.69) is 0 Å². The van der Waals surface area contributed by atoms with Crippen molar-refractivity contribution in [2.45, 2.75) is 4.90 Å². The van der Waals surface area contributed by atoms with Crippen LogP contribution in [0.1, 0.15) is 5.56 Å².